The van der Waals surface area contributed by atoms with E-state index in [-0.39, 0.29) is 41.3 Å². The van der Waals surface area contributed by atoms with Gasteiger partial charge in [-0.05, 0) is 43.2 Å². The van der Waals surface area contributed by atoms with Crippen LogP contribution < -0.4 is 14.6 Å². The Morgan fingerprint density at radius 1 is 1.23 bits per heavy atom. The number of anilines is 1. The van der Waals surface area contributed by atoms with Crippen molar-refractivity contribution in [1.82, 2.24) is 9.78 Å². The van der Waals surface area contributed by atoms with E-state index in [1.54, 1.807) is 6.92 Å². The summed E-state index contributed by atoms with van der Waals surface area (Å²) in [6.45, 7) is 1.88. The highest BCUT2D eigenvalue weighted by molar-refractivity contribution is 8.25. The van der Waals surface area contributed by atoms with Crippen LogP contribution in [0.3, 0.4) is 0 Å². The quantitative estimate of drug-likeness (QED) is 0.202. The van der Waals surface area contributed by atoms with E-state index in [9.17, 15) is 36.3 Å². The molecule has 0 radical (unpaired) electrons. The summed E-state index contributed by atoms with van der Waals surface area (Å²) >= 11 is 0. The molecule has 2 heterocycles. The van der Waals surface area contributed by atoms with Crippen LogP contribution in [-0.4, -0.2) is 42.6 Å². The summed E-state index contributed by atoms with van der Waals surface area (Å²) in [4.78, 5) is 23.3. The van der Waals surface area contributed by atoms with E-state index in [1.165, 1.54) is 35.2 Å². The molecule has 4 rings (SSSR count). The fourth-order valence-corrected chi connectivity index (χ4v) is 5.74. The number of aromatic amines is 1. The van der Waals surface area contributed by atoms with E-state index >= 15 is 0 Å². The average Bonchev–Trinajstić information content (AvgIpc) is 3.27. The molecule has 1 aliphatic heterocycles. The summed E-state index contributed by atoms with van der Waals surface area (Å²) in [5.74, 6) is -2.01. The lowest BCUT2D eigenvalue weighted by Crippen LogP contribution is -2.42. The molecule has 3 aromatic rings. The molecule has 0 saturated carbocycles. The number of rotatable bonds is 8. The maximum atomic E-state index is 14.3. The fourth-order valence-electron chi connectivity index (χ4n) is 4.14. The van der Waals surface area contributed by atoms with Gasteiger partial charge in [0.15, 0.2) is 4.90 Å². The minimum absolute atomic E-state index is 0.0300. The third-order valence-corrected chi connectivity index (χ3v) is 7.92. The Hall–Kier alpha value is -3.75. The van der Waals surface area contributed by atoms with Gasteiger partial charge in [0.2, 0.25) is 0 Å². The number of nitrogens with one attached hydrogen (secondary N) is 1. The third-order valence-electron chi connectivity index (χ3n) is 6.08. The van der Waals surface area contributed by atoms with Crippen molar-refractivity contribution in [3.63, 3.8) is 0 Å². The van der Waals surface area contributed by atoms with Crippen LogP contribution in [0.1, 0.15) is 36.5 Å². The van der Waals surface area contributed by atoms with Crippen LogP contribution in [0.25, 0.3) is 12.2 Å². The highest BCUT2D eigenvalue weighted by atomic mass is 32.3. The Morgan fingerprint density at radius 3 is 2.62 bits per heavy atom. The third kappa shape index (κ3) is 5.97. The maximum Gasteiger partial charge on any atom is 0.417 e. The Labute approximate surface area is 221 Å². The smallest absolute Gasteiger partial charge is 0.417 e. The van der Waals surface area contributed by atoms with E-state index in [4.69, 9.17) is 9.84 Å². The first-order valence-electron chi connectivity index (χ1n) is 11.7. The molecular formula is C25H25F4N3O6S. The van der Waals surface area contributed by atoms with Crippen LogP contribution in [0.15, 0.2) is 52.3 Å². The van der Waals surface area contributed by atoms with E-state index in [0.717, 1.165) is 28.6 Å². The number of fused-ring (bicyclic) bond motifs is 1. The Morgan fingerprint density at radius 2 is 1.97 bits per heavy atom. The van der Waals surface area contributed by atoms with Crippen molar-refractivity contribution in [2.24, 2.45) is 0 Å². The van der Waals surface area contributed by atoms with Gasteiger partial charge in [0.1, 0.15) is 17.7 Å². The second-order valence-corrected chi connectivity index (χ2v) is 10.6. The number of hydrogen-bond acceptors (Lipinski definition) is 6. The summed E-state index contributed by atoms with van der Waals surface area (Å²) < 4.78 is 85.3. The lowest BCUT2D eigenvalue weighted by molar-refractivity contribution is -0.138. The number of hydrogen-bond donors (Lipinski definition) is 4. The van der Waals surface area contributed by atoms with Crippen molar-refractivity contribution in [1.29, 1.82) is 0 Å². The molecule has 0 fully saturated rings. The van der Waals surface area contributed by atoms with Crippen LogP contribution in [0.2, 0.25) is 0 Å². The fraction of sp³-hybridized carbons (Fsp3) is 0.280. The highest BCUT2D eigenvalue weighted by Crippen LogP contribution is 2.56. The number of aromatic nitrogens is 2. The number of aliphatic carboxylic acids is 1. The van der Waals surface area contributed by atoms with Gasteiger partial charge in [-0.1, -0.05) is 35.1 Å². The van der Waals surface area contributed by atoms with Gasteiger partial charge in [-0.2, -0.15) is 13.2 Å². The summed E-state index contributed by atoms with van der Waals surface area (Å²) in [7, 11) is -3.98. The van der Waals surface area contributed by atoms with Gasteiger partial charge in [-0.3, -0.25) is 32.8 Å². The monoisotopic (exact) mass is 571 g/mol. The zero-order valence-electron chi connectivity index (χ0n) is 20.5. The van der Waals surface area contributed by atoms with Crippen molar-refractivity contribution in [2.75, 3.05) is 10.8 Å². The van der Waals surface area contributed by atoms with E-state index in [0.29, 0.717) is 6.54 Å². The molecule has 39 heavy (non-hydrogen) atoms. The highest BCUT2D eigenvalue weighted by Gasteiger charge is 2.37. The molecule has 1 aromatic heterocycles. The van der Waals surface area contributed by atoms with Crippen LogP contribution in [-0.2, 0) is 17.5 Å². The number of H-pyrrole nitrogens is 1. The average molecular weight is 572 g/mol. The molecule has 0 spiro atoms. The SMILES string of the molecule is CCn1cc(S(O)(O)N2C[C@H](CCC(=O)O)Oc3ccc(/C=C/c4c(F)cccc4C(F)(F)F)cc32)c(=O)[nH]1. The van der Waals surface area contributed by atoms with E-state index < -0.39 is 51.5 Å². The molecule has 0 aliphatic carbocycles. The van der Waals surface area contributed by atoms with Gasteiger partial charge in [-0.25, -0.2) is 4.39 Å². The van der Waals surface area contributed by atoms with E-state index in [1.807, 2.05) is 0 Å². The number of carboxylic acid groups (broad SMARTS) is 1. The van der Waals surface area contributed by atoms with Crippen LogP contribution in [0.4, 0.5) is 23.2 Å². The molecule has 4 N–H and O–H groups in total. The van der Waals surface area contributed by atoms with Crippen molar-refractivity contribution in [3.8, 4) is 5.75 Å². The number of ether oxygens (including phenoxy) is 1. The van der Waals surface area contributed by atoms with Crippen molar-refractivity contribution < 1.29 is 41.3 Å². The molecule has 1 aliphatic rings. The second-order valence-electron chi connectivity index (χ2n) is 8.73. The lowest BCUT2D eigenvalue weighted by Gasteiger charge is -2.47. The maximum absolute atomic E-state index is 14.3. The molecule has 0 bridgehead atoms. The van der Waals surface area contributed by atoms with Gasteiger partial charge < -0.3 is 9.84 Å². The molecule has 0 unspecified atom stereocenters. The van der Waals surface area contributed by atoms with E-state index in [2.05, 4.69) is 5.10 Å². The lowest BCUT2D eigenvalue weighted by atomic mass is 10.0. The van der Waals surface area contributed by atoms with Gasteiger partial charge >= 0.3 is 12.1 Å². The first-order chi connectivity index (χ1) is 18.3. The summed E-state index contributed by atoms with van der Waals surface area (Å²) in [6.07, 6.45) is -2.33. The molecule has 210 valence electrons. The normalized spacial score (nSPS) is 16.3. The molecule has 0 saturated heterocycles. The first-order valence-corrected chi connectivity index (χ1v) is 13.2. The van der Waals surface area contributed by atoms with Gasteiger partial charge in [0.05, 0.1) is 24.0 Å². The van der Waals surface area contributed by atoms with Crippen LogP contribution in [0.5, 0.6) is 5.75 Å². The summed E-state index contributed by atoms with van der Waals surface area (Å²) in [6, 6.07) is 6.92. The molecule has 14 heteroatoms. The number of nitrogens with zero attached hydrogens (tertiary/aromatic N) is 2. The molecule has 2 aromatic carbocycles. The summed E-state index contributed by atoms with van der Waals surface area (Å²) in [5.41, 5.74) is -2.17. The predicted octanol–water partition coefficient (Wildman–Crippen LogP) is 5.68. The number of carbonyl (C=O) groups is 1. The number of aryl methyl sites for hydroxylation is 1. The van der Waals surface area contributed by atoms with Crippen molar-refractivity contribution in [2.45, 2.75) is 43.5 Å². The van der Waals surface area contributed by atoms with Crippen LogP contribution >= 0.6 is 10.8 Å². The molecule has 1 atom stereocenters. The first kappa shape index (κ1) is 28.3. The standard InChI is InChI=1S/C25H25F4N3O6S/c1-2-31-14-22(24(35)30-31)39(36,37)32-13-16(8-11-23(33)34)38-21-10-7-15(12-20(21)32)6-9-17-18(25(27,28)29)4-3-5-19(17)26/h3-7,9-10,12,14,16,36-37H,2,8,11,13H2,1H3,(H,30,35)(H,33,34)/b9-6+/t16-/m0/s1. The molecule has 0 amide bonds. The number of halogens is 4. The minimum atomic E-state index is -4.79. The molecule has 9 nitrogen and oxygen atoms in total. The van der Waals surface area contributed by atoms with Gasteiger partial charge in [-0.15, -0.1) is 0 Å². The topological polar surface area (TPSA) is 128 Å². The van der Waals surface area contributed by atoms with Crippen molar-refractivity contribution >= 4 is 34.6 Å². The Kier molecular flexibility index (Phi) is 7.82. The zero-order valence-corrected chi connectivity index (χ0v) is 21.3. The zero-order chi connectivity index (χ0) is 28.5. The Balaban J connectivity index is 1.76. The predicted molar refractivity (Wildman–Crippen MR) is 137 cm³/mol. The van der Waals surface area contributed by atoms with Crippen LogP contribution in [0, 0.1) is 5.82 Å². The number of benzene rings is 2. The summed E-state index contributed by atoms with van der Waals surface area (Å²) in [5, 5.41) is 11.5. The van der Waals surface area contributed by atoms with Gasteiger partial charge in [0.25, 0.3) is 5.56 Å². The number of alkyl halides is 3. The van der Waals surface area contributed by atoms with Crippen molar-refractivity contribution in [3.05, 3.63) is 75.5 Å². The Bertz CT molecular complexity index is 1470. The minimum Gasteiger partial charge on any atom is -0.486 e. The molecular weight excluding hydrogens is 546 g/mol. The number of carboxylic acids is 1. The largest absolute Gasteiger partial charge is 0.486 e. The van der Waals surface area contributed by atoms with Gasteiger partial charge in [0, 0.05) is 18.5 Å². The second kappa shape index (κ2) is 10.8.